The van der Waals surface area contributed by atoms with E-state index in [0.29, 0.717) is 17.8 Å². The molecular weight excluding hydrogens is 298 g/mol. The number of carbonyl (C=O) groups excluding carboxylic acids is 2. The monoisotopic (exact) mass is 315 g/mol. The number of hydrogen-bond donors (Lipinski definition) is 3. The molecule has 3 N–H and O–H groups in total. The number of carbonyl (C=O) groups is 2. The molecule has 0 radical (unpaired) electrons. The Balaban J connectivity index is 1.53. The van der Waals surface area contributed by atoms with Crippen molar-refractivity contribution in [3.63, 3.8) is 0 Å². The van der Waals surface area contributed by atoms with Crippen molar-refractivity contribution >= 4 is 17.5 Å². The predicted molar refractivity (Wildman–Crippen MR) is 82.1 cm³/mol. The van der Waals surface area contributed by atoms with Crippen LogP contribution in [0.4, 0.5) is 5.69 Å². The molecule has 0 spiro atoms. The third-order valence-corrected chi connectivity index (χ3v) is 3.55. The number of nitrogens with zero attached hydrogens (tertiary/aromatic N) is 2. The first-order chi connectivity index (χ1) is 11.2. The van der Waals surface area contributed by atoms with E-state index in [4.69, 9.17) is 4.74 Å². The molecule has 1 aliphatic heterocycles. The third-order valence-electron chi connectivity index (χ3n) is 3.55. The molecule has 0 aliphatic carbocycles. The van der Waals surface area contributed by atoms with E-state index in [9.17, 15) is 9.59 Å². The standard InChI is InChI=1S/C15H17N5O3/c21-14(16-8-12-2-1-7-23-12)10-3-5-11(6-4-10)19-15(22)13-17-9-18-20-13/h3-6,9,12H,1-2,7-8H2,(H,16,21)(H,19,22)(H,17,18,20). The molecule has 2 heterocycles. The Morgan fingerprint density at radius 1 is 1.26 bits per heavy atom. The highest BCUT2D eigenvalue weighted by molar-refractivity contribution is 6.02. The van der Waals surface area contributed by atoms with Gasteiger partial charge in [0, 0.05) is 24.4 Å². The van der Waals surface area contributed by atoms with E-state index >= 15 is 0 Å². The molecule has 120 valence electrons. The fraction of sp³-hybridized carbons (Fsp3) is 0.333. The van der Waals surface area contributed by atoms with Crippen molar-refractivity contribution in [1.82, 2.24) is 20.5 Å². The number of anilines is 1. The van der Waals surface area contributed by atoms with Crippen LogP contribution in [0.2, 0.25) is 0 Å². The van der Waals surface area contributed by atoms with E-state index in [1.165, 1.54) is 6.33 Å². The highest BCUT2D eigenvalue weighted by Crippen LogP contribution is 2.12. The van der Waals surface area contributed by atoms with Crippen LogP contribution in [0.15, 0.2) is 30.6 Å². The summed E-state index contributed by atoms with van der Waals surface area (Å²) < 4.78 is 5.46. The Hall–Kier alpha value is -2.74. The summed E-state index contributed by atoms with van der Waals surface area (Å²) in [5, 5.41) is 11.6. The SMILES string of the molecule is O=C(NCC1CCCO1)c1ccc(NC(=O)c2ncn[nH]2)cc1. The van der Waals surface area contributed by atoms with Gasteiger partial charge in [0.05, 0.1) is 6.10 Å². The summed E-state index contributed by atoms with van der Waals surface area (Å²) in [6.07, 6.45) is 3.39. The smallest absolute Gasteiger partial charge is 0.292 e. The summed E-state index contributed by atoms with van der Waals surface area (Å²) in [4.78, 5) is 27.6. The van der Waals surface area contributed by atoms with Gasteiger partial charge >= 0.3 is 0 Å². The van der Waals surface area contributed by atoms with Crippen LogP contribution in [-0.4, -0.2) is 46.3 Å². The van der Waals surface area contributed by atoms with Crippen LogP contribution in [0.1, 0.15) is 33.8 Å². The molecule has 1 atom stereocenters. The topological polar surface area (TPSA) is 109 Å². The second kappa shape index (κ2) is 7.01. The Kier molecular flexibility index (Phi) is 4.62. The molecule has 8 nitrogen and oxygen atoms in total. The number of benzene rings is 1. The number of amides is 2. The lowest BCUT2D eigenvalue weighted by Gasteiger charge is -2.11. The fourth-order valence-electron chi connectivity index (χ4n) is 2.32. The van der Waals surface area contributed by atoms with Crippen molar-refractivity contribution in [2.75, 3.05) is 18.5 Å². The largest absolute Gasteiger partial charge is 0.376 e. The lowest BCUT2D eigenvalue weighted by Crippen LogP contribution is -2.31. The lowest BCUT2D eigenvalue weighted by atomic mass is 10.2. The van der Waals surface area contributed by atoms with Gasteiger partial charge in [0.15, 0.2) is 0 Å². The van der Waals surface area contributed by atoms with Crippen LogP contribution in [0.3, 0.4) is 0 Å². The summed E-state index contributed by atoms with van der Waals surface area (Å²) in [7, 11) is 0. The summed E-state index contributed by atoms with van der Waals surface area (Å²) in [6, 6.07) is 6.63. The maximum Gasteiger partial charge on any atom is 0.292 e. The zero-order valence-electron chi connectivity index (χ0n) is 12.4. The number of H-pyrrole nitrogens is 1. The van der Waals surface area contributed by atoms with Crippen LogP contribution in [0.5, 0.6) is 0 Å². The molecule has 0 saturated carbocycles. The second-order valence-electron chi connectivity index (χ2n) is 5.21. The molecule has 1 aromatic heterocycles. The summed E-state index contributed by atoms with van der Waals surface area (Å²) in [6.45, 7) is 1.28. The quantitative estimate of drug-likeness (QED) is 0.761. The van der Waals surface area contributed by atoms with Gasteiger partial charge in [-0.25, -0.2) is 4.98 Å². The average molecular weight is 315 g/mol. The van der Waals surface area contributed by atoms with Crippen molar-refractivity contribution in [3.05, 3.63) is 42.0 Å². The molecule has 23 heavy (non-hydrogen) atoms. The van der Waals surface area contributed by atoms with Gasteiger partial charge in [0.1, 0.15) is 6.33 Å². The van der Waals surface area contributed by atoms with Gasteiger partial charge in [-0.3, -0.25) is 14.7 Å². The number of nitrogens with one attached hydrogen (secondary N) is 3. The van der Waals surface area contributed by atoms with Crippen molar-refractivity contribution in [1.29, 1.82) is 0 Å². The molecular formula is C15H17N5O3. The predicted octanol–water partition coefficient (Wildman–Crippen LogP) is 0.966. The zero-order valence-corrected chi connectivity index (χ0v) is 12.4. The summed E-state index contributed by atoms with van der Waals surface area (Å²) in [5.41, 5.74) is 1.10. The van der Waals surface area contributed by atoms with Crippen molar-refractivity contribution in [2.45, 2.75) is 18.9 Å². The molecule has 1 unspecified atom stereocenters. The van der Waals surface area contributed by atoms with E-state index in [1.807, 2.05) is 0 Å². The second-order valence-corrected chi connectivity index (χ2v) is 5.21. The van der Waals surface area contributed by atoms with Crippen LogP contribution in [0, 0.1) is 0 Å². The van der Waals surface area contributed by atoms with Gasteiger partial charge in [-0.1, -0.05) is 0 Å². The minimum absolute atomic E-state index is 0.111. The highest BCUT2D eigenvalue weighted by Gasteiger charge is 2.16. The highest BCUT2D eigenvalue weighted by atomic mass is 16.5. The Morgan fingerprint density at radius 3 is 2.74 bits per heavy atom. The first-order valence-corrected chi connectivity index (χ1v) is 7.39. The van der Waals surface area contributed by atoms with Gasteiger partial charge in [0.2, 0.25) is 5.82 Å². The van der Waals surface area contributed by atoms with Gasteiger partial charge in [0.25, 0.3) is 11.8 Å². The molecule has 1 aromatic carbocycles. The zero-order chi connectivity index (χ0) is 16.1. The van der Waals surface area contributed by atoms with E-state index in [0.717, 1.165) is 19.4 Å². The van der Waals surface area contributed by atoms with E-state index in [1.54, 1.807) is 24.3 Å². The number of aromatic nitrogens is 3. The first-order valence-electron chi connectivity index (χ1n) is 7.39. The lowest BCUT2D eigenvalue weighted by molar-refractivity contribution is 0.0857. The molecule has 3 rings (SSSR count). The Bertz CT molecular complexity index is 663. The summed E-state index contributed by atoms with van der Waals surface area (Å²) in [5.74, 6) is -0.421. The van der Waals surface area contributed by atoms with Crippen LogP contribution >= 0.6 is 0 Å². The van der Waals surface area contributed by atoms with Crippen molar-refractivity contribution in [3.8, 4) is 0 Å². The first kappa shape index (κ1) is 15.2. The Labute approximate surface area is 132 Å². The molecule has 1 saturated heterocycles. The summed E-state index contributed by atoms with van der Waals surface area (Å²) >= 11 is 0. The fourth-order valence-corrected chi connectivity index (χ4v) is 2.32. The van der Waals surface area contributed by atoms with E-state index < -0.39 is 5.91 Å². The Morgan fingerprint density at radius 2 is 2.09 bits per heavy atom. The maximum absolute atomic E-state index is 12.0. The van der Waals surface area contributed by atoms with Crippen LogP contribution in [0.25, 0.3) is 0 Å². The number of rotatable bonds is 5. The third kappa shape index (κ3) is 3.92. The normalized spacial score (nSPS) is 17.0. The van der Waals surface area contributed by atoms with E-state index in [2.05, 4.69) is 25.8 Å². The van der Waals surface area contributed by atoms with E-state index in [-0.39, 0.29) is 17.8 Å². The van der Waals surface area contributed by atoms with Crippen LogP contribution < -0.4 is 10.6 Å². The minimum Gasteiger partial charge on any atom is -0.376 e. The number of ether oxygens (including phenoxy) is 1. The minimum atomic E-state index is -0.391. The average Bonchev–Trinajstić information content (AvgIpc) is 3.26. The van der Waals surface area contributed by atoms with Gasteiger partial charge in [-0.2, -0.15) is 5.10 Å². The molecule has 1 aliphatic rings. The molecule has 8 heteroatoms. The van der Waals surface area contributed by atoms with Crippen molar-refractivity contribution in [2.24, 2.45) is 0 Å². The molecule has 2 amide bonds. The molecule has 1 fully saturated rings. The van der Waals surface area contributed by atoms with Crippen molar-refractivity contribution < 1.29 is 14.3 Å². The molecule has 2 aromatic rings. The van der Waals surface area contributed by atoms with Gasteiger partial charge < -0.3 is 15.4 Å². The van der Waals surface area contributed by atoms with Gasteiger partial charge in [-0.15, -0.1) is 0 Å². The van der Waals surface area contributed by atoms with Crippen LogP contribution in [-0.2, 0) is 4.74 Å². The molecule has 0 bridgehead atoms. The maximum atomic E-state index is 12.0. The number of aromatic amines is 1. The number of hydrogen-bond acceptors (Lipinski definition) is 5. The van der Waals surface area contributed by atoms with Gasteiger partial charge in [-0.05, 0) is 37.1 Å².